The Morgan fingerprint density at radius 3 is 2.33 bits per heavy atom. The van der Waals surface area contributed by atoms with E-state index in [1.807, 2.05) is 0 Å². The SMILES string of the molecule is O=C(NCCN1CCN(Cc2ccccc2)CC1)c1ccncc1. The molecule has 3 rings (SSSR count). The number of benzene rings is 1. The van der Waals surface area contributed by atoms with Crippen LogP contribution in [0.25, 0.3) is 0 Å². The van der Waals surface area contributed by atoms with Crippen molar-refractivity contribution in [3.63, 3.8) is 0 Å². The van der Waals surface area contributed by atoms with E-state index in [4.69, 9.17) is 0 Å². The summed E-state index contributed by atoms with van der Waals surface area (Å²) in [4.78, 5) is 20.8. The van der Waals surface area contributed by atoms with Crippen molar-refractivity contribution in [2.24, 2.45) is 0 Å². The summed E-state index contributed by atoms with van der Waals surface area (Å²) in [6, 6.07) is 14.1. The van der Waals surface area contributed by atoms with E-state index in [2.05, 4.69) is 50.4 Å². The van der Waals surface area contributed by atoms with E-state index in [-0.39, 0.29) is 5.91 Å². The van der Waals surface area contributed by atoms with Gasteiger partial charge in [0.1, 0.15) is 0 Å². The minimum Gasteiger partial charge on any atom is -0.351 e. The first-order valence-corrected chi connectivity index (χ1v) is 8.48. The topological polar surface area (TPSA) is 48.5 Å². The normalized spacial score (nSPS) is 16.0. The maximum absolute atomic E-state index is 12.0. The van der Waals surface area contributed by atoms with Crippen LogP contribution < -0.4 is 5.32 Å². The third-order valence-corrected chi connectivity index (χ3v) is 4.37. The van der Waals surface area contributed by atoms with Gasteiger partial charge in [0.15, 0.2) is 0 Å². The average Bonchev–Trinajstić information content (AvgIpc) is 2.65. The molecule has 1 N–H and O–H groups in total. The lowest BCUT2D eigenvalue weighted by Gasteiger charge is -2.34. The van der Waals surface area contributed by atoms with Gasteiger partial charge in [-0.05, 0) is 17.7 Å². The number of carbonyl (C=O) groups is 1. The van der Waals surface area contributed by atoms with Crippen molar-refractivity contribution >= 4 is 5.91 Å². The number of piperazine rings is 1. The van der Waals surface area contributed by atoms with Gasteiger partial charge in [-0.2, -0.15) is 0 Å². The summed E-state index contributed by atoms with van der Waals surface area (Å²) >= 11 is 0. The van der Waals surface area contributed by atoms with E-state index in [9.17, 15) is 4.79 Å². The van der Waals surface area contributed by atoms with Gasteiger partial charge in [-0.15, -0.1) is 0 Å². The van der Waals surface area contributed by atoms with Crippen LogP contribution in [0.4, 0.5) is 0 Å². The maximum Gasteiger partial charge on any atom is 0.251 e. The summed E-state index contributed by atoms with van der Waals surface area (Å²) in [7, 11) is 0. The van der Waals surface area contributed by atoms with Crippen molar-refractivity contribution in [3.8, 4) is 0 Å². The van der Waals surface area contributed by atoms with Crippen LogP contribution in [0, 0.1) is 0 Å². The second-order valence-electron chi connectivity index (χ2n) is 6.10. The van der Waals surface area contributed by atoms with Gasteiger partial charge in [0, 0.05) is 63.8 Å². The number of amides is 1. The fourth-order valence-electron chi connectivity index (χ4n) is 2.95. The van der Waals surface area contributed by atoms with Crippen LogP contribution >= 0.6 is 0 Å². The third-order valence-electron chi connectivity index (χ3n) is 4.37. The predicted molar refractivity (Wildman–Crippen MR) is 94.7 cm³/mol. The molecule has 0 unspecified atom stereocenters. The molecule has 24 heavy (non-hydrogen) atoms. The van der Waals surface area contributed by atoms with Gasteiger partial charge in [-0.25, -0.2) is 0 Å². The van der Waals surface area contributed by atoms with Crippen molar-refractivity contribution < 1.29 is 4.79 Å². The number of aromatic nitrogens is 1. The Kier molecular flexibility index (Phi) is 5.93. The molecular weight excluding hydrogens is 300 g/mol. The Bertz CT molecular complexity index is 624. The largest absolute Gasteiger partial charge is 0.351 e. The molecule has 126 valence electrons. The molecule has 1 aromatic carbocycles. The molecule has 0 bridgehead atoms. The lowest BCUT2D eigenvalue weighted by Crippen LogP contribution is -2.48. The molecule has 1 fully saturated rings. The summed E-state index contributed by atoms with van der Waals surface area (Å²) in [5.74, 6) is -0.0277. The highest BCUT2D eigenvalue weighted by Crippen LogP contribution is 2.08. The zero-order valence-electron chi connectivity index (χ0n) is 13.9. The highest BCUT2D eigenvalue weighted by atomic mass is 16.1. The Balaban J connectivity index is 1.35. The molecule has 0 atom stereocenters. The van der Waals surface area contributed by atoms with Gasteiger partial charge in [0.25, 0.3) is 5.91 Å². The molecule has 2 aromatic rings. The minimum absolute atomic E-state index is 0.0277. The van der Waals surface area contributed by atoms with Gasteiger partial charge >= 0.3 is 0 Å². The van der Waals surface area contributed by atoms with E-state index in [1.54, 1.807) is 24.5 Å². The number of hydrogen-bond donors (Lipinski definition) is 1. The molecule has 1 saturated heterocycles. The average molecular weight is 324 g/mol. The van der Waals surface area contributed by atoms with Gasteiger partial charge in [0.05, 0.1) is 0 Å². The van der Waals surface area contributed by atoms with Crippen molar-refractivity contribution in [2.45, 2.75) is 6.54 Å². The molecule has 2 heterocycles. The zero-order chi connectivity index (χ0) is 16.6. The highest BCUT2D eigenvalue weighted by Gasteiger charge is 2.16. The Labute approximate surface area is 143 Å². The second-order valence-corrected chi connectivity index (χ2v) is 6.10. The quantitative estimate of drug-likeness (QED) is 0.877. The maximum atomic E-state index is 12.0. The van der Waals surface area contributed by atoms with Gasteiger partial charge in [-0.3, -0.25) is 19.6 Å². The van der Waals surface area contributed by atoms with E-state index < -0.39 is 0 Å². The number of hydrogen-bond acceptors (Lipinski definition) is 4. The molecule has 1 amide bonds. The van der Waals surface area contributed by atoms with Crippen LogP contribution in [0.1, 0.15) is 15.9 Å². The van der Waals surface area contributed by atoms with E-state index in [0.717, 1.165) is 39.3 Å². The number of nitrogens with zero attached hydrogens (tertiary/aromatic N) is 3. The standard InChI is InChI=1S/C19H24N4O/c24-19(18-6-8-20-9-7-18)21-10-11-22-12-14-23(15-13-22)16-17-4-2-1-3-5-17/h1-9H,10-16H2,(H,21,24). The monoisotopic (exact) mass is 324 g/mol. The van der Waals surface area contributed by atoms with Gasteiger partial charge in [0.2, 0.25) is 0 Å². The number of rotatable bonds is 6. The highest BCUT2D eigenvalue weighted by molar-refractivity contribution is 5.93. The van der Waals surface area contributed by atoms with Crippen LogP contribution in [0.5, 0.6) is 0 Å². The molecule has 0 saturated carbocycles. The smallest absolute Gasteiger partial charge is 0.251 e. The Morgan fingerprint density at radius 2 is 1.62 bits per heavy atom. The third kappa shape index (κ3) is 4.88. The number of pyridine rings is 1. The van der Waals surface area contributed by atoms with Crippen LogP contribution in [-0.4, -0.2) is 60.0 Å². The summed E-state index contributed by atoms with van der Waals surface area (Å²) < 4.78 is 0. The molecule has 5 heteroatoms. The van der Waals surface area contributed by atoms with E-state index >= 15 is 0 Å². The van der Waals surface area contributed by atoms with Crippen molar-refractivity contribution in [1.29, 1.82) is 0 Å². The number of carbonyl (C=O) groups excluding carboxylic acids is 1. The van der Waals surface area contributed by atoms with Crippen molar-refractivity contribution in [3.05, 3.63) is 66.0 Å². The van der Waals surface area contributed by atoms with Crippen molar-refractivity contribution in [2.75, 3.05) is 39.3 Å². The summed E-state index contributed by atoms with van der Waals surface area (Å²) in [5.41, 5.74) is 2.04. The first kappa shape index (κ1) is 16.6. The fraction of sp³-hybridized carbons (Fsp3) is 0.368. The summed E-state index contributed by atoms with van der Waals surface area (Å²) in [6.07, 6.45) is 3.28. The van der Waals surface area contributed by atoms with Gasteiger partial charge in [-0.1, -0.05) is 30.3 Å². The van der Waals surface area contributed by atoms with E-state index in [1.165, 1.54) is 5.56 Å². The predicted octanol–water partition coefficient (Wildman–Crippen LogP) is 1.63. The van der Waals surface area contributed by atoms with E-state index in [0.29, 0.717) is 12.1 Å². The minimum atomic E-state index is -0.0277. The molecule has 1 aliphatic rings. The first-order valence-electron chi connectivity index (χ1n) is 8.48. The van der Waals surface area contributed by atoms with Crippen LogP contribution in [0.15, 0.2) is 54.9 Å². The number of nitrogens with one attached hydrogen (secondary N) is 1. The summed E-state index contributed by atoms with van der Waals surface area (Å²) in [6.45, 7) is 6.86. The van der Waals surface area contributed by atoms with Crippen molar-refractivity contribution in [1.82, 2.24) is 20.1 Å². The second kappa shape index (κ2) is 8.57. The molecule has 0 aliphatic carbocycles. The Morgan fingerprint density at radius 1 is 0.958 bits per heavy atom. The lowest BCUT2D eigenvalue weighted by atomic mass is 10.2. The Hall–Kier alpha value is -2.24. The molecular formula is C19H24N4O. The zero-order valence-corrected chi connectivity index (χ0v) is 13.9. The molecule has 0 spiro atoms. The van der Waals surface area contributed by atoms with Crippen LogP contribution in [0.3, 0.4) is 0 Å². The van der Waals surface area contributed by atoms with Gasteiger partial charge < -0.3 is 5.32 Å². The molecule has 5 nitrogen and oxygen atoms in total. The van der Waals surface area contributed by atoms with Crippen LogP contribution in [0.2, 0.25) is 0 Å². The van der Waals surface area contributed by atoms with Crippen LogP contribution in [-0.2, 0) is 6.54 Å². The molecule has 0 radical (unpaired) electrons. The lowest BCUT2D eigenvalue weighted by molar-refractivity contribution is 0.0934. The molecule has 1 aliphatic heterocycles. The molecule has 1 aromatic heterocycles. The first-order chi connectivity index (χ1) is 11.8. The fourth-order valence-corrected chi connectivity index (χ4v) is 2.95. The summed E-state index contributed by atoms with van der Waals surface area (Å²) in [5, 5.41) is 2.98.